The van der Waals surface area contributed by atoms with Gasteiger partial charge < -0.3 is 10.0 Å². The van der Waals surface area contributed by atoms with Crippen molar-refractivity contribution in [1.82, 2.24) is 10.2 Å². The first kappa shape index (κ1) is 13.6. The minimum atomic E-state index is 0.154. The molecule has 100 valence electrons. The first-order valence-corrected chi connectivity index (χ1v) is 6.89. The normalized spacial score (nSPS) is 20.9. The number of rotatable bonds is 2. The standard InChI is InChI=1S/C13H20ClN3O/c1-9-10(2)13(16-15-12(9)14)17-7-5-3-4-6-11(17)8-18/h11,18H,3-8H2,1-2H3. The van der Waals surface area contributed by atoms with Crippen LogP contribution in [0.1, 0.15) is 36.8 Å². The van der Waals surface area contributed by atoms with Crippen molar-refractivity contribution in [2.45, 2.75) is 45.6 Å². The summed E-state index contributed by atoms with van der Waals surface area (Å²) in [6.07, 6.45) is 4.53. The van der Waals surface area contributed by atoms with E-state index >= 15 is 0 Å². The van der Waals surface area contributed by atoms with Crippen LogP contribution in [-0.4, -0.2) is 34.5 Å². The summed E-state index contributed by atoms with van der Waals surface area (Å²) in [5, 5.41) is 18.3. The van der Waals surface area contributed by atoms with Crippen LogP contribution in [0, 0.1) is 13.8 Å². The highest BCUT2D eigenvalue weighted by Gasteiger charge is 2.24. The molecule has 0 aliphatic carbocycles. The Bertz CT molecular complexity index is 425. The number of aromatic nitrogens is 2. The molecule has 1 fully saturated rings. The molecule has 5 heteroatoms. The molecule has 1 saturated heterocycles. The molecule has 2 rings (SSSR count). The van der Waals surface area contributed by atoms with E-state index in [0.717, 1.165) is 36.3 Å². The minimum absolute atomic E-state index is 0.154. The monoisotopic (exact) mass is 269 g/mol. The van der Waals surface area contributed by atoms with E-state index in [2.05, 4.69) is 15.1 Å². The van der Waals surface area contributed by atoms with Crippen LogP contribution < -0.4 is 4.90 Å². The summed E-state index contributed by atoms with van der Waals surface area (Å²) in [6.45, 7) is 5.08. The topological polar surface area (TPSA) is 49.2 Å². The Morgan fingerprint density at radius 1 is 1.22 bits per heavy atom. The first-order chi connectivity index (χ1) is 8.65. The average molecular weight is 270 g/mol. The molecule has 1 aliphatic rings. The van der Waals surface area contributed by atoms with Crippen molar-refractivity contribution in [3.05, 3.63) is 16.3 Å². The molecule has 0 amide bonds. The Kier molecular flexibility index (Phi) is 4.40. The Morgan fingerprint density at radius 2 is 2.00 bits per heavy atom. The van der Waals surface area contributed by atoms with E-state index in [1.165, 1.54) is 12.8 Å². The highest BCUT2D eigenvalue weighted by molar-refractivity contribution is 6.30. The SMILES string of the molecule is Cc1c(Cl)nnc(N2CCCCCC2CO)c1C. The van der Waals surface area contributed by atoms with Gasteiger partial charge in [-0.2, -0.15) is 0 Å². The molecule has 1 unspecified atom stereocenters. The Hall–Kier alpha value is -0.870. The third-order valence-corrected chi connectivity index (χ3v) is 4.16. The van der Waals surface area contributed by atoms with Gasteiger partial charge in [-0.05, 0) is 37.8 Å². The van der Waals surface area contributed by atoms with Crippen LogP contribution in [0.4, 0.5) is 5.82 Å². The van der Waals surface area contributed by atoms with E-state index in [9.17, 15) is 5.11 Å². The summed E-state index contributed by atoms with van der Waals surface area (Å²) >= 11 is 5.99. The van der Waals surface area contributed by atoms with E-state index in [4.69, 9.17) is 11.6 Å². The lowest BCUT2D eigenvalue weighted by molar-refractivity contribution is 0.254. The molecule has 1 N–H and O–H groups in total. The molecule has 4 nitrogen and oxygen atoms in total. The van der Waals surface area contributed by atoms with E-state index in [0.29, 0.717) is 5.15 Å². The van der Waals surface area contributed by atoms with Crippen molar-refractivity contribution >= 4 is 17.4 Å². The zero-order valence-corrected chi connectivity index (χ0v) is 11.7. The third-order valence-electron chi connectivity index (χ3n) is 3.80. The van der Waals surface area contributed by atoms with Crippen LogP contribution >= 0.6 is 11.6 Å². The quantitative estimate of drug-likeness (QED) is 0.896. The molecule has 1 aromatic heterocycles. The summed E-state index contributed by atoms with van der Waals surface area (Å²) < 4.78 is 0. The molecule has 0 radical (unpaired) electrons. The van der Waals surface area contributed by atoms with Gasteiger partial charge in [-0.3, -0.25) is 0 Å². The van der Waals surface area contributed by atoms with Gasteiger partial charge in [0.05, 0.1) is 12.6 Å². The van der Waals surface area contributed by atoms with E-state index in [1.54, 1.807) is 0 Å². The number of hydrogen-bond donors (Lipinski definition) is 1. The number of halogens is 1. The van der Waals surface area contributed by atoms with Gasteiger partial charge in [0.1, 0.15) is 0 Å². The maximum Gasteiger partial charge on any atom is 0.155 e. The molecular formula is C13H20ClN3O. The van der Waals surface area contributed by atoms with Crippen molar-refractivity contribution in [1.29, 1.82) is 0 Å². The molecule has 1 atom stereocenters. The lowest BCUT2D eigenvalue weighted by atomic mass is 10.1. The summed E-state index contributed by atoms with van der Waals surface area (Å²) in [7, 11) is 0. The molecule has 0 spiro atoms. The summed E-state index contributed by atoms with van der Waals surface area (Å²) in [6, 6.07) is 0.154. The zero-order valence-electron chi connectivity index (χ0n) is 11.0. The van der Waals surface area contributed by atoms with Gasteiger partial charge in [0.25, 0.3) is 0 Å². The highest BCUT2D eigenvalue weighted by Crippen LogP contribution is 2.28. The number of anilines is 1. The lowest BCUT2D eigenvalue weighted by Gasteiger charge is -2.30. The van der Waals surface area contributed by atoms with Gasteiger partial charge >= 0.3 is 0 Å². The largest absolute Gasteiger partial charge is 0.394 e. The smallest absolute Gasteiger partial charge is 0.155 e. The Morgan fingerprint density at radius 3 is 2.72 bits per heavy atom. The van der Waals surface area contributed by atoms with Crippen LogP contribution in [-0.2, 0) is 0 Å². The second-order valence-electron chi connectivity index (χ2n) is 4.94. The van der Waals surface area contributed by atoms with Crippen molar-refractivity contribution in [3.8, 4) is 0 Å². The number of aliphatic hydroxyl groups excluding tert-OH is 1. The van der Waals surface area contributed by atoms with Crippen LogP contribution in [0.5, 0.6) is 0 Å². The lowest BCUT2D eigenvalue weighted by Crippen LogP contribution is -2.38. The van der Waals surface area contributed by atoms with Crippen molar-refractivity contribution in [2.24, 2.45) is 0 Å². The molecule has 1 aromatic rings. The molecule has 0 saturated carbocycles. The minimum Gasteiger partial charge on any atom is -0.394 e. The summed E-state index contributed by atoms with van der Waals surface area (Å²) in [4.78, 5) is 2.19. The van der Waals surface area contributed by atoms with Gasteiger partial charge in [-0.1, -0.05) is 24.4 Å². The van der Waals surface area contributed by atoms with E-state index in [-0.39, 0.29) is 12.6 Å². The Labute approximate surface area is 113 Å². The van der Waals surface area contributed by atoms with Crippen LogP contribution in [0.25, 0.3) is 0 Å². The molecule has 18 heavy (non-hydrogen) atoms. The van der Waals surface area contributed by atoms with Crippen LogP contribution in [0.15, 0.2) is 0 Å². The fourth-order valence-corrected chi connectivity index (χ4v) is 2.66. The van der Waals surface area contributed by atoms with Crippen molar-refractivity contribution < 1.29 is 5.11 Å². The predicted octanol–water partition coefficient (Wildman–Crippen LogP) is 2.49. The molecule has 1 aliphatic heterocycles. The maximum absolute atomic E-state index is 9.55. The first-order valence-electron chi connectivity index (χ1n) is 6.52. The fraction of sp³-hybridized carbons (Fsp3) is 0.692. The van der Waals surface area contributed by atoms with Crippen molar-refractivity contribution in [2.75, 3.05) is 18.1 Å². The van der Waals surface area contributed by atoms with Crippen LogP contribution in [0.3, 0.4) is 0 Å². The molecule has 0 aromatic carbocycles. The summed E-state index contributed by atoms with van der Waals surface area (Å²) in [5.74, 6) is 0.873. The Balaban J connectivity index is 2.36. The van der Waals surface area contributed by atoms with Gasteiger partial charge in [0.2, 0.25) is 0 Å². The van der Waals surface area contributed by atoms with Crippen molar-refractivity contribution in [3.63, 3.8) is 0 Å². The molecular weight excluding hydrogens is 250 g/mol. The maximum atomic E-state index is 9.55. The van der Waals surface area contributed by atoms with Gasteiger partial charge in [-0.25, -0.2) is 0 Å². The molecule has 2 heterocycles. The van der Waals surface area contributed by atoms with E-state index < -0.39 is 0 Å². The highest BCUT2D eigenvalue weighted by atomic mass is 35.5. The second kappa shape index (κ2) is 5.85. The van der Waals surface area contributed by atoms with Gasteiger partial charge in [0.15, 0.2) is 11.0 Å². The predicted molar refractivity (Wildman–Crippen MR) is 73.2 cm³/mol. The average Bonchev–Trinajstić information content (AvgIpc) is 2.61. The number of nitrogens with zero attached hydrogens (tertiary/aromatic N) is 3. The number of aliphatic hydroxyl groups is 1. The van der Waals surface area contributed by atoms with Crippen LogP contribution in [0.2, 0.25) is 5.15 Å². The summed E-state index contributed by atoms with van der Waals surface area (Å²) in [5.41, 5.74) is 2.04. The van der Waals surface area contributed by atoms with Gasteiger partial charge in [-0.15, -0.1) is 10.2 Å². The second-order valence-corrected chi connectivity index (χ2v) is 5.30. The van der Waals surface area contributed by atoms with Gasteiger partial charge in [0, 0.05) is 6.54 Å². The zero-order chi connectivity index (χ0) is 13.1. The molecule has 0 bridgehead atoms. The van der Waals surface area contributed by atoms with E-state index in [1.807, 2.05) is 13.8 Å². The fourth-order valence-electron chi connectivity index (χ4n) is 2.48. The third kappa shape index (κ3) is 2.59. The number of hydrogen-bond acceptors (Lipinski definition) is 4.